The average molecular weight is 215 g/mol. The zero-order valence-corrected chi connectivity index (χ0v) is 9.73. The van der Waals surface area contributed by atoms with E-state index in [0.29, 0.717) is 0 Å². The number of hydrogen-bond acceptors (Lipinski definition) is 3. The Bertz CT molecular complexity index is 234. The van der Waals surface area contributed by atoms with Crippen LogP contribution in [-0.4, -0.2) is 45.3 Å². The molecular formula is C11H21NO3. The zero-order valence-electron chi connectivity index (χ0n) is 9.73. The number of carbonyl (C=O) groups is 1. The second kappa shape index (κ2) is 4.49. The Kier molecular flexibility index (Phi) is 3.73. The standard InChI is InChI=1S/C11H21NO3/c1-11(2,3)12(7-10(14)15)8-5-4-6-9(8)13/h8-9,13H,4-7H2,1-3H3,(H,14,15). The second-order valence-corrected chi connectivity index (χ2v) is 5.26. The molecule has 1 saturated carbocycles. The van der Waals surface area contributed by atoms with Gasteiger partial charge in [0.2, 0.25) is 0 Å². The predicted molar refractivity (Wildman–Crippen MR) is 57.7 cm³/mol. The van der Waals surface area contributed by atoms with Crippen LogP contribution in [0.15, 0.2) is 0 Å². The molecule has 4 nitrogen and oxygen atoms in total. The van der Waals surface area contributed by atoms with Crippen molar-refractivity contribution in [3.8, 4) is 0 Å². The van der Waals surface area contributed by atoms with Gasteiger partial charge >= 0.3 is 5.97 Å². The highest BCUT2D eigenvalue weighted by atomic mass is 16.4. The molecule has 4 heteroatoms. The van der Waals surface area contributed by atoms with Crippen molar-refractivity contribution >= 4 is 5.97 Å². The molecular weight excluding hydrogens is 194 g/mol. The Hall–Kier alpha value is -0.610. The summed E-state index contributed by atoms with van der Waals surface area (Å²) in [6.07, 6.45) is 2.30. The van der Waals surface area contributed by atoms with E-state index in [1.54, 1.807) is 0 Å². The normalized spacial score (nSPS) is 27.3. The zero-order chi connectivity index (χ0) is 11.6. The fraction of sp³-hybridized carbons (Fsp3) is 0.909. The minimum atomic E-state index is -0.830. The number of rotatable bonds is 3. The van der Waals surface area contributed by atoms with E-state index >= 15 is 0 Å². The van der Waals surface area contributed by atoms with E-state index in [2.05, 4.69) is 0 Å². The van der Waals surface area contributed by atoms with E-state index in [9.17, 15) is 9.90 Å². The van der Waals surface area contributed by atoms with Crippen molar-refractivity contribution in [1.82, 2.24) is 4.90 Å². The van der Waals surface area contributed by atoms with Gasteiger partial charge in [0.15, 0.2) is 0 Å². The number of carboxylic acid groups (broad SMARTS) is 1. The molecule has 0 amide bonds. The molecule has 2 unspecified atom stereocenters. The average Bonchev–Trinajstić information content (AvgIpc) is 2.45. The van der Waals surface area contributed by atoms with Gasteiger partial charge in [-0.1, -0.05) is 0 Å². The molecule has 0 aromatic carbocycles. The fourth-order valence-corrected chi connectivity index (χ4v) is 2.28. The van der Waals surface area contributed by atoms with Gasteiger partial charge < -0.3 is 10.2 Å². The first-order chi connectivity index (χ1) is 6.82. The molecule has 0 spiro atoms. The van der Waals surface area contributed by atoms with E-state index < -0.39 is 5.97 Å². The van der Waals surface area contributed by atoms with Gasteiger partial charge in [-0.25, -0.2) is 0 Å². The maximum atomic E-state index is 10.8. The van der Waals surface area contributed by atoms with E-state index in [4.69, 9.17) is 5.11 Å². The molecule has 2 atom stereocenters. The summed E-state index contributed by atoms with van der Waals surface area (Å²) >= 11 is 0. The second-order valence-electron chi connectivity index (χ2n) is 5.26. The van der Waals surface area contributed by atoms with Gasteiger partial charge in [0.1, 0.15) is 0 Å². The van der Waals surface area contributed by atoms with Crippen molar-refractivity contribution in [1.29, 1.82) is 0 Å². The summed E-state index contributed by atoms with van der Waals surface area (Å²) in [5, 5.41) is 18.7. The maximum absolute atomic E-state index is 10.8. The molecule has 0 bridgehead atoms. The van der Waals surface area contributed by atoms with Crippen molar-refractivity contribution < 1.29 is 15.0 Å². The Balaban J connectivity index is 2.76. The quantitative estimate of drug-likeness (QED) is 0.739. The SMILES string of the molecule is CC(C)(C)N(CC(=O)O)C1CCCC1O. The predicted octanol–water partition coefficient (Wildman–Crippen LogP) is 1.08. The number of aliphatic hydroxyl groups is 1. The van der Waals surface area contributed by atoms with Gasteiger partial charge in [0.25, 0.3) is 0 Å². The van der Waals surface area contributed by atoms with Crippen LogP contribution >= 0.6 is 0 Å². The molecule has 0 heterocycles. The summed E-state index contributed by atoms with van der Waals surface area (Å²) in [5.41, 5.74) is -0.214. The molecule has 0 aromatic rings. The van der Waals surface area contributed by atoms with Gasteiger partial charge in [0, 0.05) is 11.6 Å². The maximum Gasteiger partial charge on any atom is 0.317 e. The van der Waals surface area contributed by atoms with Crippen LogP contribution in [0.5, 0.6) is 0 Å². The topological polar surface area (TPSA) is 60.8 Å². The minimum Gasteiger partial charge on any atom is -0.480 e. The first-order valence-electron chi connectivity index (χ1n) is 5.49. The Morgan fingerprint density at radius 1 is 1.40 bits per heavy atom. The number of aliphatic hydroxyl groups excluding tert-OH is 1. The summed E-state index contributed by atoms with van der Waals surface area (Å²) < 4.78 is 0. The van der Waals surface area contributed by atoms with Crippen LogP contribution in [0.2, 0.25) is 0 Å². The van der Waals surface area contributed by atoms with Crippen molar-refractivity contribution in [2.75, 3.05) is 6.54 Å². The van der Waals surface area contributed by atoms with E-state index in [0.717, 1.165) is 19.3 Å². The van der Waals surface area contributed by atoms with Gasteiger partial charge in [-0.2, -0.15) is 0 Å². The lowest BCUT2D eigenvalue weighted by Crippen LogP contribution is -2.53. The van der Waals surface area contributed by atoms with Gasteiger partial charge in [-0.15, -0.1) is 0 Å². The highest BCUT2D eigenvalue weighted by Crippen LogP contribution is 2.29. The number of nitrogens with zero attached hydrogens (tertiary/aromatic N) is 1. The van der Waals surface area contributed by atoms with Crippen LogP contribution in [0.25, 0.3) is 0 Å². The van der Waals surface area contributed by atoms with E-state index in [-0.39, 0.29) is 24.2 Å². The largest absolute Gasteiger partial charge is 0.480 e. The summed E-state index contributed by atoms with van der Waals surface area (Å²) in [5.74, 6) is -0.830. The van der Waals surface area contributed by atoms with Crippen LogP contribution in [0, 0.1) is 0 Å². The molecule has 0 aliphatic heterocycles. The lowest BCUT2D eigenvalue weighted by molar-refractivity contribution is -0.141. The van der Waals surface area contributed by atoms with Crippen molar-refractivity contribution in [2.45, 2.75) is 57.7 Å². The van der Waals surface area contributed by atoms with Crippen molar-refractivity contribution in [3.05, 3.63) is 0 Å². The number of aliphatic carboxylic acids is 1. The van der Waals surface area contributed by atoms with Crippen LogP contribution in [0.4, 0.5) is 0 Å². The first kappa shape index (κ1) is 12.5. The molecule has 15 heavy (non-hydrogen) atoms. The van der Waals surface area contributed by atoms with Gasteiger partial charge in [-0.05, 0) is 40.0 Å². The highest BCUT2D eigenvalue weighted by molar-refractivity contribution is 5.69. The lowest BCUT2D eigenvalue weighted by atomic mass is 10.0. The molecule has 1 fully saturated rings. The molecule has 88 valence electrons. The highest BCUT2D eigenvalue weighted by Gasteiger charge is 2.37. The molecule has 1 aliphatic rings. The molecule has 1 rings (SSSR count). The van der Waals surface area contributed by atoms with Crippen LogP contribution in [0.3, 0.4) is 0 Å². The summed E-state index contributed by atoms with van der Waals surface area (Å²) in [6.45, 7) is 5.97. The third-order valence-corrected chi connectivity index (χ3v) is 3.01. The monoisotopic (exact) mass is 215 g/mol. The minimum absolute atomic E-state index is 0.00102. The Labute approximate surface area is 90.9 Å². The third-order valence-electron chi connectivity index (χ3n) is 3.01. The smallest absolute Gasteiger partial charge is 0.317 e. The summed E-state index contributed by atoms with van der Waals surface area (Å²) in [6, 6.07) is 0.00102. The van der Waals surface area contributed by atoms with Crippen molar-refractivity contribution in [3.63, 3.8) is 0 Å². The summed E-state index contributed by atoms with van der Waals surface area (Å²) in [7, 11) is 0. The molecule has 2 N–H and O–H groups in total. The van der Waals surface area contributed by atoms with Crippen LogP contribution < -0.4 is 0 Å². The van der Waals surface area contributed by atoms with Crippen molar-refractivity contribution in [2.24, 2.45) is 0 Å². The molecule has 0 saturated heterocycles. The fourth-order valence-electron chi connectivity index (χ4n) is 2.28. The lowest BCUT2D eigenvalue weighted by Gasteiger charge is -2.40. The Morgan fingerprint density at radius 2 is 2.00 bits per heavy atom. The van der Waals surface area contributed by atoms with E-state index in [1.807, 2.05) is 25.7 Å². The van der Waals surface area contributed by atoms with Gasteiger partial charge in [0.05, 0.1) is 12.6 Å². The molecule has 0 radical (unpaired) electrons. The summed E-state index contributed by atoms with van der Waals surface area (Å²) in [4.78, 5) is 12.7. The van der Waals surface area contributed by atoms with E-state index in [1.165, 1.54) is 0 Å². The number of hydrogen-bond donors (Lipinski definition) is 2. The third kappa shape index (κ3) is 3.18. The van der Waals surface area contributed by atoms with Crippen LogP contribution in [-0.2, 0) is 4.79 Å². The molecule has 0 aromatic heterocycles. The first-order valence-corrected chi connectivity index (χ1v) is 5.49. The van der Waals surface area contributed by atoms with Crippen LogP contribution in [0.1, 0.15) is 40.0 Å². The van der Waals surface area contributed by atoms with Gasteiger partial charge in [-0.3, -0.25) is 9.69 Å². The Morgan fingerprint density at radius 3 is 2.33 bits per heavy atom. The number of carboxylic acids is 1. The molecule has 1 aliphatic carbocycles.